The first kappa shape index (κ1) is 16.2. The minimum absolute atomic E-state index is 0.642. The normalized spacial score (nSPS) is 12.5. The summed E-state index contributed by atoms with van der Waals surface area (Å²) >= 11 is 3.66. The Morgan fingerprint density at radius 2 is 2.14 bits per heavy atom. The summed E-state index contributed by atoms with van der Waals surface area (Å²) in [7, 11) is 1.97. The molecular formula is C17H24BrN3. The van der Waals surface area contributed by atoms with E-state index < -0.39 is 0 Å². The van der Waals surface area contributed by atoms with E-state index in [2.05, 4.69) is 63.7 Å². The number of nitrogens with one attached hydrogen (secondary N) is 1. The third kappa shape index (κ3) is 5.29. The summed E-state index contributed by atoms with van der Waals surface area (Å²) in [6.45, 7) is 4.26. The van der Waals surface area contributed by atoms with Crippen LogP contribution in [0.4, 0.5) is 0 Å². The number of halogens is 1. The molecular weight excluding hydrogens is 326 g/mol. The molecule has 1 heterocycles. The summed E-state index contributed by atoms with van der Waals surface area (Å²) in [4.78, 5) is 0. The van der Waals surface area contributed by atoms with Crippen molar-refractivity contribution in [3.8, 4) is 0 Å². The van der Waals surface area contributed by atoms with Gasteiger partial charge in [-0.05, 0) is 55.5 Å². The lowest BCUT2D eigenvalue weighted by atomic mass is 9.93. The van der Waals surface area contributed by atoms with Crippen LogP contribution in [0.1, 0.15) is 24.5 Å². The second kappa shape index (κ2) is 8.35. The highest BCUT2D eigenvalue weighted by Crippen LogP contribution is 2.21. The molecule has 4 heteroatoms. The Hall–Kier alpha value is -1.13. The molecule has 0 spiro atoms. The Labute approximate surface area is 135 Å². The van der Waals surface area contributed by atoms with Gasteiger partial charge in [-0.1, -0.05) is 41.1 Å². The molecule has 0 aliphatic heterocycles. The maximum absolute atomic E-state index is 4.25. The van der Waals surface area contributed by atoms with Gasteiger partial charge in [-0.25, -0.2) is 0 Å². The highest BCUT2D eigenvalue weighted by molar-refractivity contribution is 9.10. The molecule has 114 valence electrons. The van der Waals surface area contributed by atoms with Crippen LogP contribution in [0.5, 0.6) is 0 Å². The Morgan fingerprint density at radius 3 is 2.81 bits per heavy atom. The molecule has 3 nitrogen and oxygen atoms in total. The first-order valence-electron chi connectivity index (χ1n) is 7.60. The first-order valence-corrected chi connectivity index (χ1v) is 8.40. The lowest BCUT2D eigenvalue weighted by Gasteiger charge is -2.18. The van der Waals surface area contributed by atoms with E-state index >= 15 is 0 Å². The summed E-state index contributed by atoms with van der Waals surface area (Å²) in [5.41, 5.74) is 2.72. The summed E-state index contributed by atoms with van der Waals surface area (Å²) in [6.07, 6.45) is 7.47. The zero-order valence-electron chi connectivity index (χ0n) is 12.8. The van der Waals surface area contributed by atoms with Crippen molar-refractivity contribution in [3.05, 3.63) is 52.3 Å². The topological polar surface area (TPSA) is 29.9 Å². The summed E-state index contributed by atoms with van der Waals surface area (Å²) in [5.74, 6) is 0.642. The van der Waals surface area contributed by atoms with Gasteiger partial charge in [0.05, 0.1) is 6.20 Å². The molecule has 21 heavy (non-hydrogen) atoms. The largest absolute Gasteiger partial charge is 0.317 e. The quantitative estimate of drug-likeness (QED) is 0.789. The lowest BCUT2D eigenvalue weighted by Crippen LogP contribution is -2.24. The molecule has 2 aromatic rings. The lowest BCUT2D eigenvalue weighted by molar-refractivity contribution is 0.448. The fraction of sp³-hybridized carbons (Fsp3) is 0.471. The SMILES string of the molecule is CCNCC(CCc1cnn(C)c1)Cc1ccccc1Br. The van der Waals surface area contributed by atoms with E-state index in [1.54, 1.807) is 0 Å². The molecule has 0 aliphatic rings. The van der Waals surface area contributed by atoms with Gasteiger partial charge in [0.1, 0.15) is 0 Å². The van der Waals surface area contributed by atoms with Gasteiger partial charge < -0.3 is 5.32 Å². The van der Waals surface area contributed by atoms with Crippen LogP contribution in [0.15, 0.2) is 41.1 Å². The fourth-order valence-corrected chi connectivity index (χ4v) is 3.02. The average Bonchev–Trinajstić information content (AvgIpc) is 2.89. The summed E-state index contributed by atoms with van der Waals surface area (Å²) in [6, 6.07) is 8.53. The van der Waals surface area contributed by atoms with Crippen LogP contribution in [0.3, 0.4) is 0 Å². The maximum Gasteiger partial charge on any atom is 0.0521 e. The zero-order valence-corrected chi connectivity index (χ0v) is 14.4. The van der Waals surface area contributed by atoms with Crippen LogP contribution >= 0.6 is 15.9 Å². The van der Waals surface area contributed by atoms with Gasteiger partial charge in [0.25, 0.3) is 0 Å². The standard InChI is InChI=1S/C17H24BrN3/c1-3-19-11-14(8-9-15-12-20-21(2)13-15)10-16-6-4-5-7-17(16)18/h4-7,12-14,19H,3,8-11H2,1-2H3. The third-order valence-electron chi connectivity index (χ3n) is 3.75. The fourth-order valence-electron chi connectivity index (χ4n) is 2.57. The highest BCUT2D eigenvalue weighted by Gasteiger charge is 2.12. The molecule has 1 atom stereocenters. The molecule has 1 aromatic carbocycles. The van der Waals surface area contributed by atoms with Crippen LogP contribution < -0.4 is 5.32 Å². The van der Waals surface area contributed by atoms with Crippen LogP contribution in [0.2, 0.25) is 0 Å². The zero-order chi connectivity index (χ0) is 15.1. The van der Waals surface area contributed by atoms with Crippen molar-refractivity contribution in [2.24, 2.45) is 13.0 Å². The van der Waals surface area contributed by atoms with Crippen LogP contribution in [0.25, 0.3) is 0 Å². The average molecular weight is 350 g/mol. The molecule has 2 rings (SSSR count). The van der Waals surface area contributed by atoms with Gasteiger partial charge in [-0.2, -0.15) is 5.10 Å². The van der Waals surface area contributed by atoms with Gasteiger partial charge in [-0.15, -0.1) is 0 Å². The molecule has 0 saturated carbocycles. The van der Waals surface area contributed by atoms with Crippen molar-refractivity contribution in [1.29, 1.82) is 0 Å². The Balaban J connectivity index is 1.95. The number of benzene rings is 1. The van der Waals surface area contributed by atoms with E-state index in [-0.39, 0.29) is 0 Å². The molecule has 0 radical (unpaired) electrons. The van der Waals surface area contributed by atoms with Crippen LogP contribution in [-0.4, -0.2) is 22.9 Å². The molecule has 1 N–H and O–H groups in total. The second-order valence-corrected chi connectivity index (χ2v) is 6.38. The van der Waals surface area contributed by atoms with Crippen molar-refractivity contribution in [2.45, 2.75) is 26.2 Å². The number of aromatic nitrogens is 2. The number of rotatable bonds is 8. The van der Waals surface area contributed by atoms with E-state index in [1.165, 1.54) is 22.0 Å². The molecule has 1 unspecified atom stereocenters. The Bertz CT molecular complexity index is 550. The van der Waals surface area contributed by atoms with Crippen molar-refractivity contribution >= 4 is 15.9 Å². The van der Waals surface area contributed by atoms with Gasteiger partial charge in [0.2, 0.25) is 0 Å². The monoisotopic (exact) mass is 349 g/mol. The van der Waals surface area contributed by atoms with E-state index in [1.807, 2.05) is 17.9 Å². The maximum atomic E-state index is 4.25. The van der Waals surface area contributed by atoms with E-state index in [9.17, 15) is 0 Å². The summed E-state index contributed by atoms with van der Waals surface area (Å²) < 4.78 is 3.09. The molecule has 0 saturated heterocycles. The van der Waals surface area contributed by atoms with E-state index in [0.717, 1.165) is 25.9 Å². The van der Waals surface area contributed by atoms with Gasteiger partial charge >= 0.3 is 0 Å². The first-order chi connectivity index (χ1) is 10.2. The van der Waals surface area contributed by atoms with Gasteiger partial charge in [-0.3, -0.25) is 4.68 Å². The number of hydrogen-bond acceptors (Lipinski definition) is 2. The molecule has 1 aromatic heterocycles. The molecule has 0 fully saturated rings. The second-order valence-electron chi connectivity index (χ2n) is 5.53. The minimum Gasteiger partial charge on any atom is -0.317 e. The molecule has 0 bridgehead atoms. The Morgan fingerprint density at radius 1 is 1.33 bits per heavy atom. The summed E-state index contributed by atoms with van der Waals surface area (Å²) in [5, 5.41) is 7.74. The van der Waals surface area contributed by atoms with Crippen molar-refractivity contribution < 1.29 is 0 Å². The van der Waals surface area contributed by atoms with Crippen molar-refractivity contribution in [2.75, 3.05) is 13.1 Å². The smallest absolute Gasteiger partial charge is 0.0521 e. The third-order valence-corrected chi connectivity index (χ3v) is 4.52. The van der Waals surface area contributed by atoms with Crippen molar-refractivity contribution in [1.82, 2.24) is 15.1 Å². The minimum atomic E-state index is 0.642. The van der Waals surface area contributed by atoms with Gasteiger partial charge in [0.15, 0.2) is 0 Å². The predicted molar refractivity (Wildman–Crippen MR) is 91.4 cm³/mol. The highest BCUT2D eigenvalue weighted by atomic mass is 79.9. The molecule has 0 amide bonds. The van der Waals surface area contributed by atoms with E-state index in [0.29, 0.717) is 5.92 Å². The van der Waals surface area contributed by atoms with Gasteiger partial charge in [0, 0.05) is 17.7 Å². The van der Waals surface area contributed by atoms with Crippen LogP contribution in [-0.2, 0) is 19.9 Å². The molecule has 0 aliphatic carbocycles. The van der Waals surface area contributed by atoms with E-state index in [4.69, 9.17) is 0 Å². The predicted octanol–water partition coefficient (Wildman–Crippen LogP) is 3.58. The number of hydrogen-bond donors (Lipinski definition) is 1. The number of aryl methyl sites for hydroxylation is 2. The Kier molecular flexibility index (Phi) is 6.46. The van der Waals surface area contributed by atoms with Crippen LogP contribution in [0, 0.1) is 5.92 Å². The number of nitrogens with zero attached hydrogens (tertiary/aromatic N) is 2. The van der Waals surface area contributed by atoms with Crippen molar-refractivity contribution in [3.63, 3.8) is 0 Å².